The molecule has 0 aromatic carbocycles. The zero-order valence-corrected chi connectivity index (χ0v) is 17.3. The van der Waals surface area contributed by atoms with Gasteiger partial charge in [-0.2, -0.15) is 0 Å². The van der Waals surface area contributed by atoms with Gasteiger partial charge in [-0.3, -0.25) is 4.99 Å². The molecular weight excluding hydrogens is 334 g/mol. The molecule has 1 saturated heterocycles. The zero-order valence-electron chi connectivity index (χ0n) is 17.3. The van der Waals surface area contributed by atoms with E-state index in [2.05, 4.69) is 34.9 Å². The van der Waals surface area contributed by atoms with E-state index in [1.165, 1.54) is 0 Å². The van der Waals surface area contributed by atoms with Gasteiger partial charge < -0.3 is 30.3 Å². The van der Waals surface area contributed by atoms with Crippen LogP contribution in [0.5, 0.6) is 0 Å². The van der Waals surface area contributed by atoms with Crippen LogP contribution >= 0.6 is 0 Å². The number of nitrogens with one attached hydrogen (secondary N) is 3. The third kappa shape index (κ3) is 8.23. The molecule has 0 spiro atoms. The summed E-state index contributed by atoms with van der Waals surface area (Å²) in [4.78, 5) is 18.7. The van der Waals surface area contributed by atoms with Crippen LogP contribution in [0, 0.1) is 0 Å². The van der Waals surface area contributed by atoms with Gasteiger partial charge in [0.15, 0.2) is 5.96 Å². The minimum atomic E-state index is -0.488. The van der Waals surface area contributed by atoms with Crippen molar-refractivity contribution >= 4 is 12.1 Å². The first-order valence-electron chi connectivity index (χ1n) is 9.43. The van der Waals surface area contributed by atoms with Crippen LogP contribution in [0.4, 0.5) is 4.79 Å². The molecule has 0 atom stereocenters. The normalized spacial score (nSPS) is 17.7. The van der Waals surface area contributed by atoms with Crippen molar-refractivity contribution < 1.29 is 14.3 Å². The second kappa shape index (κ2) is 10.6. The van der Waals surface area contributed by atoms with Gasteiger partial charge in [0.25, 0.3) is 0 Å². The Bertz CT molecular complexity index is 454. The molecule has 1 amide bonds. The van der Waals surface area contributed by atoms with E-state index in [1.807, 2.05) is 27.7 Å². The van der Waals surface area contributed by atoms with E-state index < -0.39 is 11.7 Å². The average Bonchev–Trinajstić information content (AvgIpc) is 2.55. The van der Waals surface area contributed by atoms with Gasteiger partial charge in [0.1, 0.15) is 5.60 Å². The molecule has 0 bridgehead atoms. The number of hydrogen-bond donors (Lipinski definition) is 3. The summed E-state index contributed by atoms with van der Waals surface area (Å²) in [6, 6.07) is 0. The molecule has 1 aliphatic rings. The van der Waals surface area contributed by atoms with Crippen molar-refractivity contribution in [2.24, 2.45) is 4.99 Å². The molecule has 1 rings (SSSR count). The van der Waals surface area contributed by atoms with E-state index in [0.29, 0.717) is 19.6 Å². The molecule has 1 fully saturated rings. The molecule has 1 aliphatic heterocycles. The number of ether oxygens (including phenoxy) is 2. The second-order valence-electron chi connectivity index (χ2n) is 7.78. The largest absolute Gasteiger partial charge is 0.444 e. The Hall–Kier alpha value is -1.54. The number of nitrogens with zero attached hydrogens (tertiary/aromatic N) is 2. The van der Waals surface area contributed by atoms with Crippen molar-refractivity contribution in [2.45, 2.75) is 51.7 Å². The first kappa shape index (κ1) is 22.5. The number of aliphatic imine (C=N–C) groups is 1. The molecule has 8 nitrogen and oxygen atoms in total. The predicted molar refractivity (Wildman–Crippen MR) is 105 cm³/mol. The van der Waals surface area contributed by atoms with Crippen LogP contribution in [0.25, 0.3) is 0 Å². The maximum atomic E-state index is 11.7. The molecule has 8 heteroatoms. The van der Waals surface area contributed by atoms with Crippen molar-refractivity contribution in [1.29, 1.82) is 0 Å². The van der Waals surface area contributed by atoms with E-state index in [0.717, 1.165) is 38.6 Å². The summed E-state index contributed by atoms with van der Waals surface area (Å²) in [5.74, 6) is 0.756. The third-order valence-electron chi connectivity index (χ3n) is 4.33. The SMILES string of the molecule is CCNC(=NCC1(N(C)C)CCOCC1)NCCNC(=O)OC(C)(C)C. The Morgan fingerprint density at radius 2 is 1.77 bits per heavy atom. The lowest BCUT2D eigenvalue weighted by molar-refractivity contribution is -0.00254. The Kier molecular flexibility index (Phi) is 9.15. The molecule has 152 valence electrons. The summed E-state index contributed by atoms with van der Waals surface area (Å²) < 4.78 is 10.7. The van der Waals surface area contributed by atoms with Crippen LogP contribution in [0.2, 0.25) is 0 Å². The van der Waals surface area contributed by atoms with Gasteiger partial charge in [-0.1, -0.05) is 0 Å². The fraction of sp³-hybridized carbons (Fsp3) is 0.889. The zero-order chi connectivity index (χ0) is 19.6. The smallest absolute Gasteiger partial charge is 0.407 e. The number of rotatable bonds is 7. The topological polar surface area (TPSA) is 87.2 Å². The van der Waals surface area contributed by atoms with Crippen molar-refractivity contribution in [3.05, 3.63) is 0 Å². The number of hydrogen-bond acceptors (Lipinski definition) is 5. The summed E-state index contributed by atoms with van der Waals surface area (Å²) in [5, 5.41) is 9.24. The van der Waals surface area contributed by atoms with Gasteiger partial charge in [0, 0.05) is 38.4 Å². The molecule has 0 aliphatic carbocycles. The van der Waals surface area contributed by atoms with Gasteiger partial charge in [-0.05, 0) is 54.6 Å². The van der Waals surface area contributed by atoms with Gasteiger partial charge in [-0.25, -0.2) is 4.79 Å². The first-order chi connectivity index (χ1) is 12.2. The van der Waals surface area contributed by atoms with Gasteiger partial charge in [-0.15, -0.1) is 0 Å². The standard InChI is InChI=1S/C18H37N5O3/c1-7-19-15(20-10-11-21-16(24)26-17(2,3)4)22-14-18(23(5)6)8-12-25-13-9-18/h7-14H2,1-6H3,(H,21,24)(H2,19,20,22). The van der Waals surface area contributed by atoms with Crippen LogP contribution in [-0.4, -0.2) is 81.6 Å². The summed E-state index contributed by atoms with van der Waals surface area (Å²) >= 11 is 0. The number of amides is 1. The number of likely N-dealkylation sites (N-methyl/N-ethyl adjacent to an activating group) is 1. The number of carbonyl (C=O) groups is 1. The maximum absolute atomic E-state index is 11.7. The summed E-state index contributed by atoms with van der Waals surface area (Å²) in [5.41, 5.74) is -0.451. The van der Waals surface area contributed by atoms with Crippen LogP contribution in [0.3, 0.4) is 0 Å². The number of guanidine groups is 1. The Morgan fingerprint density at radius 1 is 1.15 bits per heavy atom. The highest BCUT2D eigenvalue weighted by atomic mass is 16.6. The van der Waals surface area contributed by atoms with E-state index in [1.54, 1.807) is 0 Å². The molecule has 0 saturated carbocycles. The average molecular weight is 372 g/mol. The minimum Gasteiger partial charge on any atom is -0.444 e. The van der Waals surface area contributed by atoms with Gasteiger partial charge in [0.2, 0.25) is 0 Å². The van der Waals surface area contributed by atoms with Crippen molar-refractivity contribution in [1.82, 2.24) is 20.9 Å². The molecule has 0 radical (unpaired) electrons. The van der Waals surface area contributed by atoms with E-state index in [-0.39, 0.29) is 5.54 Å². The monoisotopic (exact) mass is 371 g/mol. The molecule has 0 unspecified atom stereocenters. The Labute approximate surface area is 158 Å². The summed E-state index contributed by atoms with van der Waals surface area (Å²) in [7, 11) is 4.21. The molecule has 26 heavy (non-hydrogen) atoms. The predicted octanol–water partition coefficient (Wildman–Crippen LogP) is 1.18. The molecule has 0 aromatic heterocycles. The highest BCUT2D eigenvalue weighted by molar-refractivity contribution is 5.79. The fourth-order valence-electron chi connectivity index (χ4n) is 2.73. The van der Waals surface area contributed by atoms with Crippen molar-refractivity contribution in [2.75, 3.05) is 53.5 Å². The first-order valence-corrected chi connectivity index (χ1v) is 9.43. The lowest BCUT2D eigenvalue weighted by atomic mass is 9.89. The molecule has 0 aromatic rings. The molecule has 3 N–H and O–H groups in total. The molecule has 1 heterocycles. The van der Waals surface area contributed by atoms with Gasteiger partial charge in [0.05, 0.1) is 6.54 Å². The molecular formula is C18H37N5O3. The van der Waals surface area contributed by atoms with Crippen LogP contribution in [-0.2, 0) is 9.47 Å². The maximum Gasteiger partial charge on any atom is 0.407 e. The summed E-state index contributed by atoms with van der Waals surface area (Å²) in [6.07, 6.45) is 1.54. The lowest BCUT2D eigenvalue weighted by Gasteiger charge is -2.41. The van der Waals surface area contributed by atoms with E-state index in [9.17, 15) is 4.79 Å². The highest BCUT2D eigenvalue weighted by Crippen LogP contribution is 2.26. The van der Waals surface area contributed by atoms with Crippen molar-refractivity contribution in [3.63, 3.8) is 0 Å². The second-order valence-corrected chi connectivity index (χ2v) is 7.78. The van der Waals surface area contributed by atoms with E-state index in [4.69, 9.17) is 14.5 Å². The third-order valence-corrected chi connectivity index (χ3v) is 4.33. The Morgan fingerprint density at radius 3 is 2.31 bits per heavy atom. The number of alkyl carbamates (subject to hydrolysis) is 1. The van der Waals surface area contributed by atoms with E-state index >= 15 is 0 Å². The van der Waals surface area contributed by atoms with Crippen molar-refractivity contribution in [3.8, 4) is 0 Å². The van der Waals surface area contributed by atoms with Crippen LogP contribution in [0.15, 0.2) is 4.99 Å². The lowest BCUT2D eigenvalue weighted by Crippen LogP contribution is -2.52. The van der Waals surface area contributed by atoms with Gasteiger partial charge >= 0.3 is 6.09 Å². The quantitative estimate of drug-likeness (QED) is 0.354. The summed E-state index contributed by atoms with van der Waals surface area (Å²) in [6.45, 7) is 11.6. The van der Waals surface area contributed by atoms with Crippen LogP contribution < -0.4 is 16.0 Å². The minimum absolute atomic E-state index is 0.0371. The Balaban J connectivity index is 2.49. The van der Waals surface area contributed by atoms with Crippen LogP contribution in [0.1, 0.15) is 40.5 Å². The fourth-order valence-corrected chi connectivity index (χ4v) is 2.73. The highest BCUT2D eigenvalue weighted by Gasteiger charge is 2.34. The number of carbonyl (C=O) groups excluding carboxylic acids is 1.